The molecular weight excluding hydrogens is 468 g/mol. The van der Waals surface area contributed by atoms with Gasteiger partial charge in [0, 0.05) is 5.56 Å². The average molecular weight is 489 g/mol. The van der Waals surface area contributed by atoms with E-state index in [9.17, 15) is 4.79 Å². The van der Waals surface area contributed by atoms with Gasteiger partial charge in [-0.05, 0) is 48.0 Å². The topological polar surface area (TPSA) is 105 Å². The van der Waals surface area contributed by atoms with Crippen LogP contribution in [0.15, 0.2) is 71.1 Å². The molecule has 8 nitrogen and oxygen atoms in total. The Kier molecular flexibility index (Phi) is 5.88. The molecule has 3 aromatic carbocycles. The number of carbonyl (C=O) groups is 1. The lowest BCUT2D eigenvalue weighted by atomic mass is 10.0. The number of primary amides is 1. The number of methoxy groups -OCH3 is 2. The van der Waals surface area contributed by atoms with Gasteiger partial charge in [0.2, 0.25) is 11.8 Å². The van der Waals surface area contributed by atoms with Crippen LogP contribution in [0.4, 0.5) is 0 Å². The van der Waals surface area contributed by atoms with Crippen LogP contribution in [0, 0.1) is 0 Å². The molecule has 0 fully saturated rings. The summed E-state index contributed by atoms with van der Waals surface area (Å²) in [4.78, 5) is 16.9. The number of nitrogens with zero attached hydrogens (tertiary/aromatic N) is 3. The van der Waals surface area contributed by atoms with Gasteiger partial charge in [0.05, 0.1) is 37.0 Å². The molecule has 0 saturated carbocycles. The Morgan fingerprint density at radius 3 is 2.51 bits per heavy atom. The standard InChI is InChI=1S/C26H21ClN4O4/c1-33-16-9-7-15(8-10-16)14-31-20(26-29-18-5-3-4-6-21(18)35-26)13-19(30-31)23-17(25(28)32)11-12-22(34-2)24(23)27/h3-13H,14H2,1-2H3,(H2,28,32). The first kappa shape index (κ1) is 22.5. The van der Waals surface area contributed by atoms with E-state index in [-0.39, 0.29) is 10.6 Å². The summed E-state index contributed by atoms with van der Waals surface area (Å²) in [5, 5.41) is 5.02. The van der Waals surface area contributed by atoms with E-state index < -0.39 is 5.91 Å². The van der Waals surface area contributed by atoms with Gasteiger partial charge in [0.1, 0.15) is 22.7 Å². The molecule has 0 unspecified atom stereocenters. The molecule has 1 amide bonds. The minimum Gasteiger partial charge on any atom is -0.497 e. The van der Waals surface area contributed by atoms with Gasteiger partial charge >= 0.3 is 0 Å². The summed E-state index contributed by atoms with van der Waals surface area (Å²) in [7, 11) is 3.12. The molecule has 0 atom stereocenters. The molecule has 2 N–H and O–H groups in total. The van der Waals surface area contributed by atoms with Crippen molar-refractivity contribution in [3.8, 4) is 34.3 Å². The number of rotatable bonds is 7. The number of para-hydroxylation sites is 2. The number of carbonyl (C=O) groups excluding carboxylic acids is 1. The maximum Gasteiger partial charge on any atom is 0.249 e. The molecule has 0 aliphatic heterocycles. The Labute approximate surface area is 205 Å². The first-order valence-electron chi connectivity index (χ1n) is 10.7. The zero-order valence-corrected chi connectivity index (χ0v) is 19.7. The average Bonchev–Trinajstić information content (AvgIpc) is 3.48. The quantitative estimate of drug-likeness (QED) is 0.338. The number of hydrogen-bond donors (Lipinski definition) is 1. The van der Waals surface area contributed by atoms with Crippen molar-refractivity contribution in [1.82, 2.24) is 14.8 Å². The summed E-state index contributed by atoms with van der Waals surface area (Å²) < 4.78 is 18.4. The predicted octanol–water partition coefficient (Wildman–Crippen LogP) is 5.18. The van der Waals surface area contributed by atoms with Gasteiger partial charge in [-0.3, -0.25) is 9.48 Å². The molecule has 5 rings (SSSR count). The minimum atomic E-state index is -0.627. The SMILES string of the molecule is COc1ccc(Cn2nc(-c3c(C(N)=O)ccc(OC)c3Cl)cc2-c2nc3ccccc3o2)cc1. The number of aromatic nitrogens is 3. The molecule has 2 aromatic heterocycles. The second-order valence-electron chi connectivity index (χ2n) is 7.78. The molecule has 176 valence electrons. The van der Waals surface area contributed by atoms with Gasteiger partial charge in [0.15, 0.2) is 5.58 Å². The molecule has 2 heterocycles. The number of ether oxygens (including phenoxy) is 2. The van der Waals surface area contributed by atoms with E-state index in [0.29, 0.717) is 40.7 Å². The number of halogens is 1. The fourth-order valence-corrected chi connectivity index (χ4v) is 4.23. The van der Waals surface area contributed by atoms with Gasteiger partial charge < -0.3 is 19.6 Å². The maximum atomic E-state index is 12.2. The van der Waals surface area contributed by atoms with Crippen LogP contribution in [0.25, 0.3) is 33.9 Å². The van der Waals surface area contributed by atoms with Gasteiger partial charge in [-0.15, -0.1) is 0 Å². The second-order valence-corrected chi connectivity index (χ2v) is 8.15. The van der Waals surface area contributed by atoms with Crippen molar-refractivity contribution in [2.45, 2.75) is 6.54 Å². The first-order chi connectivity index (χ1) is 17.0. The first-order valence-corrected chi connectivity index (χ1v) is 11.1. The maximum absolute atomic E-state index is 12.2. The van der Waals surface area contributed by atoms with Crippen molar-refractivity contribution in [3.63, 3.8) is 0 Å². The van der Waals surface area contributed by atoms with E-state index >= 15 is 0 Å². The number of oxazole rings is 1. The number of nitrogens with two attached hydrogens (primary N) is 1. The normalized spacial score (nSPS) is 11.1. The fraction of sp³-hybridized carbons (Fsp3) is 0.115. The Morgan fingerprint density at radius 2 is 1.83 bits per heavy atom. The highest BCUT2D eigenvalue weighted by Crippen LogP contribution is 2.39. The highest BCUT2D eigenvalue weighted by molar-refractivity contribution is 6.35. The van der Waals surface area contributed by atoms with Crippen LogP contribution in [0.1, 0.15) is 15.9 Å². The van der Waals surface area contributed by atoms with Crippen LogP contribution < -0.4 is 15.2 Å². The van der Waals surface area contributed by atoms with E-state index in [1.54, 1.807) is 30.0 Å². The zero-order valence-electron chi connectivity index (χ0n) is 19.0. The molecule has 35 heavy (non-hydrogen) atoms. The van der Waals surface area contributed by atoms with E-state index in [0.717, 1.165) is 16.8 Å². The number of benzene rings is 3. The lowest BCUT2D eigenvalue weighted by Crippen LogP contribution is -2.13. The summed E-state index contributed by atoms with van der Waals surface area (Å²) >= 11 is 6.62. The Bertz CT molecular complexity index is 1510. The highest BCUT2D eigenvalue weighted by atomic mass is 35.5. The molecule has 0 radical (unpaired) electrons. The van der Waals surface area contributed by atoms with Crippen molar-refractivity contribution in [2.75, 3.05) is 14.2 Å². The molecule has 9 heteroatoms. The molecule has 0 aliphatic carbocycles. The van der Waals surface area contributed by atoms with E-state index in [1.807, 2.05) is 48.5 Å². The van der Waals surface area contributed by atoms with Crippen LogP contribution in [-0.4, -0.2) is 34.9 Å². The highest BCUT2D eigenvalue weighted by Gasteiger charge is 2.23. The van der Waals surface area contributed by atoms with Crippen molar-refractivity contribution < 1.29 is 18.7 Å². The molecule has 0 saturated heterocycles. The van der Waals surface area contributed by atoms with Crippen LogP contribution in [-0.2, 0) is 6.54 Å². The van der Waals surface area contributed by atoms with Crippen LogP contribution >= 0.6 is 11.6 Å². The summed E-state index contributed by atoms with van der Waals surface area (Å²) in [5.41, 5.74) is 9.66. The molecule has 0 bridgehead atoms. The molecule has 5 aromatic rings. The number of fused-ring (bicyclic) bond motifs is 1. The van der Waals surface area contributed by atoms with Crippen LogP contribution in [0.5, 0.6) is 11.5 Å². The predicted molar refractivity (Wildman–Crippen MR) is 133 cm³/mol. The van der Waals surface area contributed by atoms with Crippen molar-refractivity contribution in [1.29, 1.82) is 0 Å². The summed E-state index contributed by atoms with van der Waals surface area (Å²) in [6.45, 7) is 0.408. The second kappa shape index (κ2) is 9.15. The van der Waals surface area contributed by atoms with Crippen molar-refractivity contribution in [2.24, 2.45) is 5.73 Å². The fourth-order valence-electron chi connectivity index (χ4n) is 3.89. The van der Waals surface area contributed by atoms with Gasteiger partial charge in [-0.2, -0.15) is 5.10 Å². The van der Waals surface area contributed by atoms with Gasteiger partial charge in [0.25, 0.3) is 0 Å². The van der Waals surface area contributed by atoms with Crippen molar-refractivity contribution >= 4 is 28.6 Å². The molecular formula is C26H21ClN4O4. The monoisotopic (exact) mass is 488 g/mol. The Hall–Kier alpha value is -4.30. The van der Waals surface area contributed by atoms with Crippen molar-refractivity contribution in [3.05, 3.63) is 82.9 Å². The number of amides is 1. The minimum absolute atomic E-state index is 0.231. The van der Waals surface area contributed by atoms with Gasteiger partial charge in [-0.1, -0.05) is 35.9 Å². The molecule has 0 spiro atoms. The third kappa shape index (κ3) is 4.20. The number of hydrogen-bond acceptors (Lipinski definition) is 6. The Morgan fingerprint density at radius 1 is 1.06 bits per heavy atom. The third-order valence-corrected chi connectivity index (χ3v) is 6.01. The molecule has 0 aliphatic rings. The van der Waals surface area contributed by atoms with Gasteiger partial charge in [-0.25, -0.2) is 4.98 Å². The third-order valence-electron chi connectivity index (χ3n) is 5.63. The van der Waals surface area contributed by atoms with Crippen LogP contribution in [0.3, 0.4) is 0 Å². The van der Waals surface area contributed by atoms with E-state index in [1.165, 1.54) is 7.11 Å². The van der Waals surface area contributed by atoms with Crippen LogP contribution in [0.2, 0.25) is 5.02 Å². The summed E-state index contributed by atoms with van der Waals surface area (Å²) in [6, 6.07) is 20.1. The smallest absolute Gasteiger partial charge is 0.249 e. The van der Waals surface area contributed by atoms with E-state index in [2.05, 4.69) is 4.98 Å². The lowest BCUT2D eigenvalue weighted by molar-refractivity contribution is 0.100. The zero-order chi connectivity index (χ0) is 24.5. The largest absolute Gasteiger partial charge is 0.497 e. The lowest BCUT2D eigenvalue weighted by Gasteiger charge is -2.11. The summed E-state index contributed by atoms with van der Waals surface area (Å²) in [5.74, 6) is 0.916. The van der Waals surface area contributed by atoms with E-state index in [4.69, 9.17) is 36.3 Å². The summed E-state index contributed by atoms with van der Waals surface area (Å²) in [6.07, 6.45) is 0. The Balaban J connectivity index is 1.69.